The molecule has 3 N–H and O–H groups in total. The van der Waals surface area contributed by atoms with Crippen LogP contribution in [0.4, 0.5) is 0 Å². The molecule has 0 aliphatic carbocycles. The topological polar surface area (TPSA) is 69.6 Å². The minimum Gasteiger partial charge on any atom is -0.478 e. The fourth-order valence-electron chi connectivity index (χ4n) is 2.57. The van der Waals surface area contributed by atoms with Crippen LogP contribution < -0.4 is 5.32 Å². The fraction of sp³-hybridized carbons (Fsp3) is 0.240. The van der Waals surface area contributed by atoms with E-state index in [1.165, 1.54) is 12.1 Å². The number of carboxylic acids is 1. The number of aryl methyl sites for hydroxylation is 1. The van der Waals surface area contributed by atoms with Gasteiger partial charge >= 0.3 is 5.97 Å². The van der Waals surface area contributed by atoms with E-state index in [1.54, 1.807) is 19.1 Å². The van der Waals surface area contributed by atoms with Gasteiger partial charge in [-0.15, -0.1) is 0 Å². The molecule has 0 saturated heterocycles. The van der Waals surface area contributed by atoms with Crippen molar-refractivity contribution in [2.75, 3.05) is 13.0 Å². The molecule has 150 valence electrons. The van der Waals surface area contributed by atoms with Crippen molar-refractivity contribution in [2.24, 2.45) is 0 Å². The first-order valence-electron chi connectivity index (χ1n) is 14.4. The Morgan fingerprint density at radius 2 is 1.97 bits per heavy atom. The van der Waals surface area contributed by atoms with Crippen molar-refractivity contribution < 1.29 is 30.1 Å². The normalized spacial score (nSPS) is 18.9. The zero-order chi connectivity index (χ0) is 30.3. The lowest BCUT2D eigenvalue weighted by atomic mass is 9.99. The van der Waals surface area contributed by atoms with Crippen molar-refractivity contribution in [2.45, 2.75) is 25.8 Å². The first-order valence-corrected chi connectivity index (χ1v) is 8.93. The van der Waals surface area contributed by atoms with Crippen LogP contribution in [0.1, 0.15) is 54.6 Å². The van der Waals surface area contributed by atoms with Crippen LogP contribution in [0.3, 0.4) is 0 Å². The van der Waals surface area contributed by atoms with Crippen LogP contribution in [0.25, 0.3) is 11.1 Å². The molecule has 0 heterocycles. The van der Waals surface area contributed by atoms with Crippen molar-refractivity contribution in [3.63, 3.8) is 0 Å². The van der Waals surface area contributed by atoms with Crippen LogP contribution in [0, 0.1) is 6.92 Å². The largest absolute Gasteiger partial charge is 0.478 e. The number of rotatable bonds is 9. The maximum atomic E-state index is 11.7. The van der Waals surface area contributed by atoms with Gasteiger partial charge in [0.2, 0.25) is 0 Å². The Bertz CT molecular complexity index is 1490. The molecule has 0 aromatic heterocycles. The van der Waals surface area contributed by atoms with Crippen molar-refractivity contribution in [1.29, 1.82) is 0 Å². The van der Waals surface area contributed by atoms with Gasteiger partial charge in [-0.3, -0.25) is 0 Å². The predicted octanol–water partition coefficient (Wildman–Crippen LogP) is 4.62. The number of hydrogen-bond acceptors (Lipinski definition) is 3. The summed E-state index contributed by atoms with van der Waals surface area (Å²) in [6.45, 7) is -1.01. The molecule has 0 unspecified atom stereocenters. The highest BCUT2D eigenvalue weighted by Crippen LogP contribution is 2.22. The van der Waals surface area contributed by atoms with E-state index >= 15 is 0 Å². The van der Waals surface area contributed by atoms with E-state index in [9.17, 15) is 15.0 Å². The van der Waals surface area contributed by atoms with E-state index in [-0.39, 0.29) is 30.5 Å². The molecule has 0 bridgehead atoms. The van der Waals surface area contributed by atoms with Gasteiger partial charge in [0.15, 0.2) is 0 Å². The maximum absolute atomic E-state index is 11.7. The summed E-state index contributed by atoms with van der Waals surface area (Å²) < 4.78 is 90.4. The number of nitrogens with one attached hydrogen (secondary N) is 1. The molecular weight excluding hydrogens is 362 g/mol. The molecule has 0 fully saturated rings. The van der Waals surface area contributed by atoms with Crippen LogP contribution in [0.15, 0.2) is 72.6 Å². The summed E-state index contributed by atoms with van der Waals surface area (Å²) in [5.41, 5.74) is -1.27. The predicted molar refractivity (Wildman–Crippen MR) is 116 cm³/mol. The monoisotopic (exact) mass is 400 g/mol. The summed E-state index contributed by atoms with van der Waals surface area (Å²) in [7, 11) is 0. The Morgan fingerprint density at radius 1 is 1.21 bits per heavy atom. The summed E-state index contributed by atoms with van der Waals surface area (Å²) in [5, 5.41) is 22.6. The Morgan fingerprint density at radius 3 is 2.72 bits per heavy atom. The van der Waals surface area contributed by atoms with Crippen LogP contribution in [-0.4, -0.2) is 29.2 Å². The molecule has 3 aromatic rings. The van der Waals surface area contributed by atoms with Gasteiger partial charge in [0, 0.05) is 9.24 Å². The SMILES string of the molecule is [2H]c1c([2H])c(CCCNC([2H])([2H])[C@]([2H])(O)c2cccc(C)c2)c([2H])c(-c2c([2H])c([2H])c([2H])c(C(=O)O)c2[2H])c1[2H]. The van der Waals surface area contributed by atoms with Gasteiger partial charge in [-0.25, -0.2) is 4.79 Å². The highest BCUT2D eigenvalue weighted by atomic mass is 16.4. The molecule has 0 aliphatic rings. The Kier molecular flexibility index (Phi) is 3.70. The van der Waals surface area contributed by atoms with Gasteiger partial charge in [0.1, 0.15) is 0 Å². The van der Waals surface area contributed by atoms with E-state index < -0.39 is 83.6 Å². The average Bonchev–Trinajstić information content (AvgIpc) is 2.87. The number of carboxylic acid groups (broad SMARTS) is 1. The molecule has 3 rings (SSSR count). The van der Waals surface area contributed by atoms with E-state index in [0.717, 1.165) is 5.56 Å². The van der Waals surface area contributed by atoms with E-state index in [2.05, 4.69) is 5.32 Å². The highest BCUT2D eigenvalue weighted by molar-refractivity contribution is 5.89. The number of aromatic carboxylic acids is 1. The molecule has 0 amide bonds. The van der Waals surface area contributed by atoms with E-state index in [4.69, 9.17) is 15.1 Å². The third-order valence-electron chi connectivity index (χ3n) is 3.99. The molecule has 0 saturated carbocycles. The fourth-order valence-corrected chi connectivity index (χ4v) is 2.57. The maximum Gasteiger partial charge on any atom is 0.335 e. The summed E-state index contributed by atoms with van der Waals surface area (Å²) in [6.07, 6.45) is -2.71. The summed E-state index contributed by atoms with van der Waals surface area (Å²) in [4.78, 5) is 11.7. The van der Waals surface area contributed by atoms with Crippen molar-refractivity contribution in [3.05, 3.63) is 94.9 Å². The molecule has 0 aliphatic heterocycles. The molecule has 4 heteroatoms. The molecule has 0 radical (unpaired) electrons. The van der Waals surface area contributed by atoms with Gasteiger partial charge < -0.3 is 15.5 Å². The van der Waals surface area contributed by atoms with Gasteiger partial charge in [-0.1, -0.05) is 66.1 Å². The Hall–Kier alpha value is -2.95. The quantitative estimate of drug-likeness (QED) is 0.459. The van der Waals surface area contributed by atoms with Gasteiger partial charge in [-0.05, 0) is 60.6 Å². The lowest BCUT2D eigenvalue weighted by Crippen LogP contribution is -2.22. The minimum atomic E-state index is -2.65. The third-order valence-corrected chi connectivity index (χ3v) is 3.99. The molecule has 1 atom stereocenters. The number of carbonyl (C=O) groups is 1. The summed E-state index contributed by atoms with van der Waals surface area (Å²) in [5.74, 6) is -1.70. The summed E-state index contributed by atoms with van der Waals surface area (Å²) >= 11 is 0. The van der Waals surface area contributed by atoms with Crippen molar-refractivity contribution >= 4 is 5.97 Å². The Balaban J connectivity index is 1.96. The first kappa shape index (κ1) is 10.7. The molecular formula is C25H27NO3. The second-order valence-electron chi connectivity index (χ2n) is 6.28. The highest BCUT2D eigenvalue weighted by Gasteiger charge is 2.07. The molecule has 4 nitrogen and oxygen atoms in total. The lowest BCUT2D eigenvalue weighted by molar-refractivity contribution is 0.0697. The minimum absolute atomic E-state index is 0.0343. The summed E-state index contributed by atoms with van der Waals surface area (Å²) in [6, 6.07) is 0.543. The smallest absolute Gasteiger partial charge is 0.335 e. The second kappa shape index (κ2) is 10.0. The lowest BCUT2D eigenvalue weighted by Gasteiger charge is -2.13. The number of aliphatic hydroxyl groups is 1. The number of benzene rings is 3. The van der Waals surface area contributed by atoms with Crippen molar-refractivity contribution in [1.82, 2.24) is 5.32 Å². The van der Waals surface area contributed by atoms with Crippen molar-refractivity contribution in [3.8, 4) is 11.1 Å². The van der Waals surface area contributed by atoms with Gasteiger partial charge in [0.05, 0.1) is 24.0 Å². The van der Waals surface area contributed by atoms with Gasteiger partial charge in [-0.2, -0.15) is 0 Å². The van der Waals surface area contributed by atoms with Gasteiger partial charge in [0.25, 0.3) is 0 Å². The molecule has 3 aromatic carbocycles. The average molecular weight is 401 g/mol. The van der Waals surface area contributed by atoms with E-state index in [0.29, 0.717) is 0 Å². The second-order valence-corrected chi connectivity index (χ2v) is 6.28. The van der Waals surface area contributed by atoms with E-state index in [1.807, 2.05) is 0 Å². The van der Waals surface area contributed by atoms with Crippen LogP contribution in [-0.2, 0) is 6.42 Å². The van der Waals surface area contributed by atoms with Crippen LogP contribution >= 0.6 is 0 Å². The van der Waals surface area contributed by atoms with Crippen LogP contribution in [0.5, 0.6) is 0 Å². The zero-order valence-corrected chi connectivity index (χ0v) is 15.7. The first-order chi connectivity index (χ1) is 18.5. The van der Waals surface area contributed by atoms with Crippen LogP contribution in [0.2, 0.25) is 0 Å². The molecule has 0 spiro atoms. The Labute approximate surface area is 187 Å². The zero-order valence-electron chi connectivity index (χ0n) is 26.7. The third kappa shape index (κ3) is 6.01. The number of hydrogen-bond donors (Lipinski definition) is 3. The standard InChI is InChI=1S/C25H27NO3/c1-18-6-2-11-22(14-18)24(27)17-26-13-5-8-19-7-3-9-20(15-19)21-10-4-12-23(16-21)25(28)29/h2-4,6-7,9-12,14-16,24,26-27H,5,8,13,17H2,1H3,(H,28,29)/t24-/m0/s1/i3D,4D,7D,9D,10D,12D,15D,16D,17D2,24D. The molecule has 29 heavy (non-hydrogen) atoms.